The van der Waals surface area contributed by atoms with Crippen molar-refractivity contribution in [3.05, 3.63) is 42.0 Å². The number of rotatable bonds is 1. The van der Waals surface area contributed by atoms with Crippen LogP contribution < -0.4 is 0 Å². The zero-order valence-electron chi connectivity index (χ0n) is 8.78. The van der Waals surface area contributed by atoms with Crippen LogP contribution in [0, 0.1) is 13.1 Å². The van der Waals surface area contributed by atoms with Crippen LogP contribution in [0.1, 0.15) is 11.3 Å². The van der Waals surface area contributed by atoms with Crippen LogP contribution in [0.3, 0.4) is 0 Å². The molecule has 0 spiro atoms. The molecule has 0 amide bonds. The average Bonchev–Trinajstić information content (AvgIpc) is 2.28. The highest BCUT2D eigenvalue weighted by Gasteiger charge is 2.30. The van der Waals surface area contributed by atoms with Gasteiger partial charge in [0, 0.05) is 12.4 Å². The minimum atomic E-state index is -4.39. The second kappa shape index (κ2) is 4.12. The second-order valence-electron chi connectivity index (χ2n) is 3.40. The van der Waals surface area contributed by atoms with Gasteiger partial charge in [-0.25, -0.2) is 4.98 Å². The summed E-state index contributed by atoms with van der Waals surface area (Å²) in [4.78, 5) is 11.6. The highest BCUT2D eigenvalue weighted by molar-refractivity contribution is 5.53. The summed E-state index contributed by atoms with van der Waals surface area (Å²) in [6.45, 7) is 1.69. The second-order valence-corrected chi connectivity index (χ2v) is 3.40. The van der Waals surface area contributed by atoms with Crippen molar-refractivity contribution in [3.8, 4) is 11.4 Å². The largest absolute Gasteiger partial charge is 0.416 e. The van der Waals surface area contributed by atoms with Crippen LogP contribution >= 0.6 is 0 Å². The molecule has 0 aliphatic rings. The smallest absolute Gasteiger partial charge is 0.255 e. The lowest BCUT2D eigenvalue weighted by atomic mass is 10.2. The molecule has 0 atom stereocenters. The normalized spacial score (nSPS) is 11.5. The number of aryl methyl sites for hydroxylation is 1. The van der Waals surface area contributed by atoms with E-state index < -0.39 is 11.7 Å². The molecule has 6 heteroatoms. The number of pyridine rings is 1. The van der Waals surface area contributed by atoms with Crippen molar-refractivity contribution in [2.45, 2.75) is 13.1 Å². The van der Waals surface area contributed by atoms with Crippen LogP contribution in [0.15, 0.2) is 24.5 Å². The predicted octanol–water partition coefficient (Wildman–Crippen LogP) is 2.67. The molecule has 0 bridgehead atoms. The number of aromatic nitrogens is 3. The van der Waals surface area contributed by atoms with Gasteiger partial charge in [0.15, 0.2) is 0 Å². The minimum Gasteiger partial charge on any atom is -0.255 e. The Hall–Kier alpha value is -1.98. The highest BCUT2D eigenvalue weighted by Crippen LogP contribution is 2.30. The Bertz CT molecular complexity index is 537. The van der Waals surface area contributed by atoms with Gasteiger partial charge < -0.3 is 0 Å². The van der Waals surface area contributed by atoms with Gasteiger partial charge in [-0.05, 0) is 19.1 Å². The van der Waals surface area contributed by atoms with Gasteiger partial charge in [-0.15, -0.1) is 0 Å². The van der Waals surface area contributed by atoms with Crippen LogP contribution in [0.2, 0.25) is 0 Å². The van der Waals surface area contributed by atoms with E-state index in [4.69, 9.17) is 0 Å². The predicted molar refractivity (Wildman–Crippen MR) is 53.8 cm³/mol. The third kappa shape index (κ3) is 2.58. The van der Waals surface area contributed by atoms with Crippen molar-refractivity contribution in [3.63, 3.8) is 0 Å². The molecule has 0 saturated heterocycles. The van der Waals surface area contributed by atoms with Gasteiger partial charge in [-0.1, -0.05) is 0 Å². The summed E-state index contributed by atoms with van der Waals surface area (Å²) in [5, 5.41) is 0. The lowest BCUT2D eigenvalue weighted by Gasteiger charge is -2.07. The maximum absolute atomic E-state index is 12.5. The lowest BCUT2D eigenvalue weighted by Crippen LogP contribution is -2.05. The molecule has 2 rings (SSSR count). The molecule has 17 heavy (non-hydrogen) atoms. The van der Waals surface area contributed by atoms with E-state index in [1.807, 2.05) is 0 Å². The molecule has 0 aliphatic heterocycles. The Morgan fingerprint density at radius 2 is 2.06 bits per heavy atom. The Kier molecular flexibility index (Phi) is 2.79. The molecule has 0 saturated carbocycles. The molecule has 3 nitrogen and oxygen atoms in total. The van der Waals surface area contributed by atoms with E-state index in [2.05, 4.69) is 21.1 Å². The molecule has 2 aromatic heterocycles. The Balaban J connectivity index is 2.47. The SMILES string of the molecule is Cc1cn[c]c(-c2cc(C(F)(F)F)ccn2)n1. The van der Waals surface area contributed by atoms with Crippen molar-refractivity contribution in [1.29, 1.82) is 0 Å². The van der Waals surface area contributed by atoms with Gasteiger partial charge in [0.2, 0.25) is 0 Å². The molecule has 1 radical (unpaired) electrons. The van der Waals surface area contributed by atoms with Gasteiger partial charge in [0.05, 0.1) is 17.0 Å². The summed E-state index contributed by atoms with van der Waals surface area (Å²) in [6.07, 6.45) is 0.682. The molecule has 2 aromatic rings. The van der Waals surface area contributed by atoms with Crippen molar-refractivity contribution in [2.75, 3.05) is 0 Å². The third-order valence-electron chi connectivity index (χ3n) is 2.04. The van der Waals surface area contributed by atoms with Crippen molar-refractivity contribution in [2.24, 2.45) is 0 Å². The molecule has 0 aromatic carbocycles. The fourth-order valence-electron chi connectivity index (χ4n) is 1.27. The summed E-state index contributed by atoms with van der Waals surface area (Å²) in [5.74, 6) is 0. The molecule has 2 heterocycles. The first-order chi connectivity index (χ1) is 7.97. The summed E-state index contributed by atoms with van der Waals surface area (Å²) < 4.78 is 37.5. The standard InChI is InChI=1S/C11H7F3N3/c1-7-5-15-6-10(17-7)9-4-8(2-3-16-9)11(12,13)14/h2-5H,1H3. The molecule has 87 valence electrons. The van der Waals surface area contributed by atoms with Gasteiger partial charge in [0.25, 0.3) is 0 Å². The third-order valence-corrected chi connectivity index (χ3v) is 2.04. The summed E-state index contributed by atoms with van der Waals surface area (Å²) >= 11 is 0. The topological polar surface area (TPSA) is 38.7 Å². The molecule has 0 unspecified atom stereocenters. The van der Waals surface area contributed by atoms with Gasteiger partial charge >= 0.3 is 6.18 Å². The number of hydrogen-bond acceptors (Lipinski definition) is 3. The average molecular weight is 238 g/mol. The monoisotopic (exact) mass is 238 g/mol. The van der Waals surface area contributed by atoms with E-state index in [1.54, 1.807) is 6.92 Å². The van der Waals surface area contributed by atoms with Crippen LogP contribution in [-0.4, -0.2) is 15.0 Å². The van der Waals surface area contributed by atoms with Crippen LogP contribution in [0.4, 0.5) is 13.2 Å². The van der Waals surface area contributed by atoms with E-state index in [1.165, 1.54) is 6.20 Å². The zero-order valence-corrected chi connectivity index (χ0v) is 8.78. The Morgan fingerprint density at radius 3 is 2.71 bits per heavy atom. The summed E-state index contributed by atoms with van der Waals surface area (Å²) in [7, 11) is 0. The molecular formula is C11H7F3N3. The Labute approximate surface area is 95.4 Å². The molecule has 0 N–H and O–H groups in total. The number of hydrogen-bond donors (Lipinski definition) is 0. The van der Waals surface area contributed by atoms with E-state index in [0.717, 1.165) is 18.3 Å². The van der Waals surface area contributed by atoms with Gasteiger partial charge in [-0.3, -0.25) is 9.97 Å². The molecule has 0 aliphatic carbocycles. The zero-order chi connectivity index (χ0) is 12.5. The number of nitrogens with zero attached hydrogens (tertiary/aromatic N) is 3. The fourth-order valence-corrected chi connectivity index (χ4v) is 1.27. The minimum absolute atomic E-state index is 0.107. The van der Waals surface area contributed by atoms with Gasteiger partial charge in [0.1, 0.15) is 11.9 Å². The van der Waals surface area contributed by atoms with Crippen LogP contribution in [-0.2, 0) is 6.18 Å². The van der Waals surface area contributed by atoms with E-state index in [9.17, 15) is 13.2 Å². The van der Waals surface area contributed by atoms with E-state index in [-0.39, 0.29) is 11.4 Å². The van der Waals surface area contributed by atoms with Gasteiger partial charge in [-0.2, -0.15) is 13.2 Å². The Morgan fingerprint density at radius 1 is 1.29 bits per heavy atom. The summed E-state index contributed by atoms with van der Waals surface area (Å²) in [6, 6.07) is 1.84. The number of alkyl halides is 3. The highest BCUT2D eigenvalue weighted by atomic mass is 19.4. The molecule has 0 fully saturated rings. The first kappa shape index (κ1) is 11.5. The first-order valence-electron chi connectivity index (χ1n) is 4.72. The van der Waals surface area contributed by atoms with E-state index >= 15 is 0 Å². The first-order valence-corrected chi connectivity index (χ1v) is 4.72. The maximum Gasteiger partial charge on any atom is 0.416 e. The van der Waals surface area contributed by atoms with Crippen LogP contribution in [0.25, 0.3) is 11.4 Å². The maximum atomic E-state index is 12.5. The number of halogens is 3. The van der Waals surface area contributed by atoms with Crippen molar-refractivity contribution in [1.82, 2.24) is 15.0 Å². The summed E-state index contributed by atoms with van der Waals surface area (Å²) in [5.41, 5.74) is 0.143. The molecular weight excluding hydrogens is 231 g/mol. The quantitative estimate of drug-likeness (QED) is 0.766. The van der Waals surface area contributed by atoms with Crippen molar-refractivity contribution >= 4 is 0 Å². The van der Waals surface area contributed by atoms with Crippen LogP contribution in [0.5, 0.6) is 0 Å². The van der Waals surface area contributed by atoms with E-state index in [0.29, 0.717) is 5.69 Å². The fraction of sp³-hybridized carbons (Fsp3) is 0.182. The van der Waals surface area contributed by atoms with Crippen molar-refractivity contribution < 1.29 is 13.2 Å². The lowest BCUT2D eigenvalue weighted by molar-refractivity contribution is -0.137.